The number of aromatic hydroxyl groups is 1. The Morgan fingerprint density at radius 1 is 1.11 bits per heavy atom. The highest BCUT2D eigenvalue weighted by molar-refractivity contribution is 6.46. The van der Waals surface area contributed by atoms with Gasteiger partial charge in [-0.05, 0) is 67.1 Å². The van der Waals surface area contributed by atoms with E-state index in [1.807, 2.05) is 26.8 Å². The van der Waals surface area contributed by atoms with Crippen molar-refractivity contribution in [2.24, 2.45) is 0 Å². The number of aliphatic hydroxyl groups excluding tert-OH is 1. The molecule has 0 spiro atoms. The van der Waals surface area contributed by atoms with Crippen molar-refractivity contribution in [2.45, 2.75) is 70.9 Å². The molecule has 0 bridgehead atoms. The molecule has 7 heteroatoms. The van der Waals surface area contributed by atoms with Crippen molar-refractivity contribution in [3.63, 3.8) is 0 Å². The average Bonchev–Trinajstić information content (AvgIpc) is 3.11. The number of likely N-dealkylation sites (tertiary alicyclic amines) is 1. The molecule has 1 aliphatic heterocycles. The highest BCUT2D eigenvalue weighted by atomic mass is 35.5. The SMILES string of the molecule is CCOc1ccc(/C(O)=C2/C(=O)C(=O)N(C3CCCCC3)C2c2ccc(O)c(Cl)c2)cc1C(C)C. The number of halogens is 1. The van der Waals surface area contributed by atoms with Crippen LogP contribution in [-0.4, -0.2) is 39.5 Å². The van der Waals surface area contributed by atoms with Crippen LogP contribution in [0.4, 0.5) is 0 Å². The summed E-state index contributed by atoms with van der Waals surface area (Å²) in [6.07, 6.45) is 4.66. The summed E-state index contributed by atoms with van der Waals surface area (Å²) in [5.74, 6) is -0.770. The highest BCUT2D eigenvalue weighted by Crippen LogP contribution is 2.44. The fraction of sp³-hybridized carbons (Fsp3) is 0.429. The van der Waals surface area contributed by atoms with Crippen molar-refractivity contribution in [1.82, 2.24) is 4.90 Å². The lowest BCUT2D eigenvalue weighted by Gasteiger charge is -2.35. The van der Waals surface area contributed by atoms with Crippen LogP contribution in [-0.2, 0) is 9.59 Å². The zero-order valence-corrected chi connectivity index (χ0v) is 21.1. The van der Waals surface area contributed by atoms with Gasteiger partial charge in [0.05, 0.1) is 23.2 Å². The van der Waals surface area contributed by atoms with Gasteiger partial charge in [0.2, 0.25) is 0 Å². The van der Waals surface area contributed by atoms with E-state index in [4.69, 9.17) is 16.3 Å². The molecule has 6 nitrogen and oxygen atoms in total. The normalized spacial score (nSPS) is 20.6. The molecule has 2 aromatic rings. The maximum absolute atomic E-state index is 13.4. The number of benzene rings is 2. The van der Waals surface area contributed by atoms with E-state index < -0.39 is 17.7 Å². The van der Waals surface area contributed by atoms with Crippen molar-refractivity contribution in [1.29, 1.82) is 0 Å². The van der Waals surface area contributed by atoms with Crippen molar-refractivity contribution < 1.29 is 24.5 Å². The van der Waals surface area contributed by atoms with Crippen molar-refractivity contribution >= 4 is 29.1 Å². The van der Waals surface area contributed by atoms with Crippen molar-refractivity contribution in [2.75, 3.05) is 6.61 Å². The van der Waals surface area contributed by atoms with Crippen LogP contribution in [0.3, 0.4) is 0 Å². The molecule has 186 valence electrons. The number of hydrogen-bond acceptors (Lipinski definition) is 5. The number of carbonyl (C=O) groups is 2. The third kappa shape index (κ3) is 4.76. The molecule has 1 saturated heterocycles. The van der Waals surface area contributed by atoms with Gasteiger partial charge in [-0.1, -0.05) is 50.8 Å². The minimum absolute atomic E-state index is 0.0428. The summed E-state index contributed by atoms with van der Waals surface area (Å²) in [6.45, 7) is 6.48. The standard InChI is InChI=1S/C28H32ClNO5/c1-4-35-23-13-11-18(14-20(23)16(2)3)26(32)24-25(17-10-12-22(31)21(29)15-17)30(28(34)27(24)33)19-8-6-5-7-9-19/h10-16,19,25,31-32H,4-9H2,1-3H3/b26-24-. The van der Waals surface area contributed by atoms with Crippen LogP contribution < -0.4 is 4.74 Å². The fourth-order valence-electron chi connectivity index (χ4n) is 5.20. The molecule has 2 aliphatic rings. The minimum Gasteiger partial charge on any atom is -0.507 e. The molecule has 4 rings (SSSR count). The van der Waals surface area contributed by atoms with Crippen LogP contribution in [0.15, 0.2) is 42.0 Å². The fourth-order valence-corrected chi connectivity index (χ4v) is 5.38. The van der Waals surface area contributed by atoms with Crippen LogP contribution >= 0.6 is 11.6 Å². The number of phenols is 1. The molecule has 2 fully saturated rings. The van der Waals surface area contributed by atoms with Gasteiger partial charge in [-0.2, -0.15) is 0 Å². The van der Waals surface area contributed by atoms with Crippen LogP contribution in [0, 0.1) is 0 Å². The second-order valence-corrected chi connectivity index (χ2v) is 9.96. The van der Waals surface area contributed by atoms with E-state index in [1.165, 1.54) is 6.07 Å². The lowest BCUT2D eigenvalue weighted by Crippen LogP contribution is -2.40. The first-order valence-electron chi connectivity index (χ1n) is 12.3. The Morgan fingerprint density at radius 3 is 2.46 bits per heavy atom. The van der Waals surface area contributed by atoms with Gasteiger partial charge in [0.25, 0.3) is 11.7 Å². The van der Waals surface area contributed by atoms with E-state index in [0.717, 1.165) is 43.4 Å². The number of hydrogen-bond donors (Lipinski definition) is 2. The lowest BCUT2D eigenvalue weighted by atomic mass is 9.90. The third-order valence-corrected chi connectivity index (χ3v) is 7.24. The molecule has 1 saturated carbocycles. The van der Waals surface area contributed by atoms with E-state index in [2.05, 4.69) is 0 Å². The molecule has 1 heterocycles. The highest BCUT2D eigenvalue weighted by Gasteiger charge is 2.49. The summed E-state index contributed by atoms with van der Waals surface area (Å²) in [7, 11) is 0. The number of amides is 1. The van der Waals surface area contributed by atoms with E-state index in [0.29, 0.717) is 17.7 Å². The van der Waals surface area contributed by atoms with Gasteiger partial charge in [-0.15, -0.1) is 0 Å². The van der Waals surface area contributed by atoms with Crippen molar-refractivity contribution in [3.05, 3.63) is 63.7 Å². The number of Topliss-reactive ketones (excluding diaryl/α,β-unsaturated/α-hetero) is 1. The summed E-state index contributed by atoms with van der Waals surface area (Å²) in [4.78, 5) is 28.3. The van der Waals surface area contributed by atoms with E-state index in [9.17, 15) is 19.8 Å². The smallest absolute Gasteiger partial charge is 0.295 e. The van der Waals surface area contributed by atoms with Gasteiger partial charge in [0.1, 0.15) is 17.3 Å². The summed E-state index contributed by atoms with van der Waals surface area (Å²) >= 11 is 6.21. The number of aliphatic hydroxyl groups is 1. The monoisotopic (exact) mass is 497 g/mol. The molecule has 2 aromatic carbocycles. The second kappa shape index (κ2) is 10.3. The molecular weight excluding hydrogens is 466 g/mol. The topological polar surface area (TPSA) is 87.1 Å². The van der Waals surface area contributed by atoms with Crippen LogP contribution in [0.25, 0.3) is 5.76 Å². The molecule has 0 aromatic heterocycles. The molecule has 35 heavy (non-hydrogen) atoms. The Labute approximate surface area is 211 Å². The maximum Gasteiger partial charge on any atom is 0.295 e. The lowest BCUT2D eigenvalue weighted by molar-refractivity contribution is -0.141. The zero-order valence-electron chi connectivity index (χ0n) is 20.4. The molecule has 1 atom stereocenters. The Balaban J connectivity index is 1.89. The van der Waals surface area contributed by atoms with Crippen LogP contribution in [0.2, 0.25) is 5.02 Å². The summed E-state index contributed by atoms with van der Waals surface area (Å²) in [5, 5.41) is 21.5. The first kappa shape index (κ1) is 25.1. The predicted molar refractivity (Wildman–Crippen MR) is 136 cm³/mol. The number of ether oxygens (including phenoxy) is 1. The number of nitrogens with zero attached hydrogens (tertiary/aromatic N) is 1. The van der Waals surface area contributed by atoms with E-state index in [-0.39, 0.29) is 34.1 Å². The average molecular weight is 498 g/mol. The first-order valence-corrected chi connectivity index (χ1v) is 12.7. The second-order valence-electron chi connectivity index (χ2n) is 9.55. The third-order valence-electron chi connectivity index (χ3n) is 6.94. The molecule has 1 aliphatic carbocycles. The molecular formula is C28H32ClNO5. The van der Waals surface area contributed by atoms with E-state index in [1.54, 1.807) is 29.2 Å². The number of ketones is 1. The number of carbonyl (C=O) groups excluding carboxylic acids is 2. The minimum atomic E-state index is -0.787. The summed E-state index contributed by atoms with van der Waals surface area (Å²) in [5.41, 5.74) is 1.98. The van der Waals surface area contributed by atoms with Crippen LogP contribution in [0.1, 0.15) is 81.5 Å². The Kier molecular flexibility index (Phi) is 7.41. The Morgan fingerprint density at radius 2 is 1.83 bits per heavy atom. The number of rotatable bonds is 6. The Hall–Kier alpha value is -2.99. The Bertz CT molecular complexity index is 1170. The van der Waals surface area contributed by atoms with Crippen LogP contribution in [0.5, 0.6) is 11.5 Å². The summed E-state index contributed by atoms with van der Waals surface area (Å²) in [6, 6.07) is 9.09. The quantitative estimate of drug-likeness (QED) is 0.277. The van der Waals surface area contributed by atoms with Gasteiger partial charge < -0.3 is 19.8 Å². The van der Waals surface area contributed by atoms with Gasteiger partial charge in [-0.25, -0.2) is 0 Å². The van der Waals surface area contributed by atoms with Gasteiger partial charge >= 0.3 is 0 Å². The van der Waals surface area contributed by atoms with E-state index >= 15 is 0 Å². The molecule has 1 unspecified atom stereocenters. The van der Waals surface area contributed by atoms with Crippen molar-refractivity contribution in [3.8, 4) is 11.5 Å². The number of phenolic OH excluding ortho intramolecular Hbond substituents is 1. The molecule has 1 amide bonds. The summed E-state index contributed by atoms with van der Waals surface area (Å²) < 4.78 is 5.74. The molecule has 0 radical (unpaired) electrons. The van der Waals surface area contributed by atoms with Gasteiger partial charge in [-0.3, -0.25) is 9.59 Å². The van der Waals surface area contributed by atoms with Gasteiger partial charge in [0, 0.05) is 11.6 Å². The largest absolute Gasteiger partial charge is 0.507 e. The maximum atomic E-state index is 13.4. The predicted octanol–water partition coefficient (Wildman–Crippen LogP) is 6.32. The van der Waals surface area contributed by atoms with Gasteiger partial charge in [0.15, 0.2) is 0 Å². The molecule has 2 N–H and O–H groups in total. The first-order chi connectivity index (χ1) is 16.7. The zero-order chi connectivity index (χ0) is 25.3.